The SMILES string of the molecule is CC(Cc1cc(C(C)(C)C)c(C(C)(C)C)cc1C(C)(C)C)c1cccc(C(C)(C)C)c1. The van der Waals surface area contributed by atoms with Crippen LogP contribution in [0.4, 0.5) is 0 Å². The topological polar surface area (TPSA) is 0 Å². The van der Waals surface area contributed by atoms with Gasteiger partial charge in [-0.05, 0) is 67.4 Å². The molecule has 0 N–H and O–H groups in total. The van der Waals surface area contributed by atoms with Crippen molar-refractivity contribution >= 4 is 0 Å². The van der Waals surface area contributed by atoms with Gasteiger partial charge in [0.25, 0.3) is 0 Å². The minimum atomic E-state index is 0.124. The molecule has 0 amide bonds. The molecule has 0 aliphatic rings. The fourth-order valence-corrected chi connectivity index (χ4v) is 4.51. The summed E-state index contributed by atoms with van der Waals surface area (Å²) in [6.45, 7) is 30.5. The Hall–Kier alpha value is -1.56. The fraction of sp³-hybridized carbons (Fsp3) is 0.613. The molecule has 1 atom stereocenters. The molecule has 2 rings (SSSR count). The normalized spacial score (nSPS) is 14.6. The molecule has 2 aromatic rings. The number of benzene rings is 2. The van der Waals surface area contributed by atoms with Gasteiger partial charge in [0.1, 0.15) is 0 Å². The van der Waals surface area contributed by atoms with Crippen LogP contribution in [0.3, 0.4) is 0 Å². The van der Waals surface area contributed by atoms with Crippen molar-refractivity contribution in [2.45, 2.75) is 124 Å². The van der Waals surface area contributed by atoms with E-state index in [1.165, 1.54) is 33.4 Å². The van der Waals surface area contributed by atoms with E-state index in [-0.39, 0.29) is 21.7 Å². The Morgan fingerprint density at radius 1 is 0.581 bits per heavy atom. The summed E-state index contributed by atoms with van der Waals surface area (Å²) in [4.78, 5) is 0. The van der Waals surface area contributed by atoms with Crippen LogP contribution in [0.1, 0.15) is 129 Å². The monoisotopic (exact) mass is 420 g/mol. The maximum absolute atomic E-state index is 2.55. The molecule has 0 nitrogen and oxygen atoms in total. The van der Waals surface area contributed by atoms with Crippen molar-refractivity contribution in [2.24, 2.45) is 0 Å². The first-order valence-electron chi connectivity index (χ1n) is 12.1. The van der Waals surface area contributed by atoms with Gasteiger partial charge < -0.3 is 0 Å². The smallest absolute Gasteiger partial charge is 0.0129 e. The van der Waals surface area contributed by atoms with Crippen LogP contribution >= 0.6 is 0 Å². The second-order valence-electron chi connectivity index (χ2n) is 13.8. The average molecular weight is 421 g/mol. The minimum Gasteiger partial charge on any atom is -0.0617 e. The Balaban J connectivity index is 2.62. The van der Waals surface area contributed by atoms with E-state index in [1.807, 2.05) is 0 Å². The molecule has 0 fully saturated rings. The first-order valence-corrected chi connectivity index (χ1v) is 12.1. The Morgan fingerprint density at radius 3 is 1.52 bits per heavy atom. The lowest BCUT2D eigenvalue weighted by Gasteiger charge is -2.35. The first-order chi connectivity index (χ1) is 13.8. The molecule has 172 valence electrons. The van der Waals surface area contributed by atoms with Crippen LogP contribution in [0, 0.1) is 0 Å². The van der Waals surface area contributed by atoms with Crippen molar-refractivity contribution < 1.29 is 0 Å². The molecular weight excluding hydrogens is 372 g/mol. The summed E-state index contributed by atoms with van der Waals surface area (Å²) >= 11 is 0. The molecule has 0 bridgehead atoms. The minimum absolute atomic E-state index is 0.124. The van der Waals surface area contributed by atoms with Gasteiger partial charge in [-0.25, -0.2) is 0 Å². The molecule has 31 heavy (non-hydrogen) atoms. The Kier molecular flexibility index (Phi) is 6.98. The number of rotatable bonds is 3. The lowest BCUT2D eigenvalue weighted by Crippen LogP contribution is -2.25. The van der Waals surface area contributed by atoms with Gasteiger partial charge in [-0.3, -0.25) is 0 Å². The largest absolute Gasteiger partial charge is 0.0617 e. The molecule has 0 radical (unpaired) electrons. The van der Waals surface area contributed by atoms with E-state index in [4.69, 9.17) is 0 Å². The molecule has 0 aliphatic carbocycles. The quantitative estimate of drug-likeness (QED) is 0.464. The lowest BCUT2D eigenvalue weighted by atomic mass is 9.70. The Morgan fingerprint density at radius 2 is 1.06 bits per heavy atom. The van der Waals surface area contributed by atoms with Crippen molar-refractivity contribution in [2.75, 3.05) is 0 Å². The van der Waals surface area contributed by atoms with Crippen LogP contribution in [0.25, 0.3) is 0 Å². The molecule has 0 saturated carbocycles. The second-order valence-corrected chi connectivity index (χ2v) is 13.8. The van der Waals surface area contributed by atoms with E-state index >= 15 is 0 Å². The van der Waals surface area contributed by atoms with Gasteiger partial charge in [0.05, 0.1) is 0 Å². The van der Waals surface area contributed by atoms with Crippen LogP contribution < -0.4 is 0 Å². The van der Waals surface area contributed by atoms with Crippen molar-refractivity contribution in [3.63, 3.8) is 0 Å². The third kappa shape index (κ3) is 6.24. The highest BCUT2D eigenvalue weighted by Crippen LogP contribution is 2.40. The molecule has 1 unspecified atom stereocenters. The molecule has 0 saturated heterocycles. The molecular formula is C31H48. The highest BCUT2D eigenvalue weighted by molar-refractivity contribution is 5.48. The molecule has 0 spiro atoms. The van der Waals surface area contributed by atoms with E-state index in [9.17, 15) is 0 Å². The predicted octanol–water partition coefficient (Wildman–Crippen LogP) is 9.22. The fourth-order valence-electron chi connectivity index (χ4n) is 4.51. The zero-order valence-corrected chi connectivity index (χ0v) is 22.7. The zero-order valence-electron chi connectivity index (χ0n) is 22.7. The summed E-state index contributed by atoms with van der Waals surface area (Å²) in [5.74, 6) is 0.483. The van der Waals surface area contributed by atoms with Gasteiger partial charge in [0.15, 0.2) is 0 Å². The Bertz CT molecular complexity index is 899. The van der Waals surface area contributed by atoms with Crippen LogP contribution in [-0.4, -0.2) is 0 Å². The van der Waals surface area contributed by atoms with Crippen LogP contribution in [-0.2, 0) is 28.1 Å². The summed E-state index contributed by atoms with van der Waals surface area (Å²) in [6.07, 6.45) is 1.08. The standard InChI is InChI=1S/C31H48/c1-21(22-15-14-16-24(18-22)28(2,3)4)17-23-19-26(30(8,9)10)27(31(11,12)13)20-25(23)29(5,6)7/h14-16,18-21H,17H2,1-13H3. The third-order valence-corrected chi connectivity index (χ3v) is 6.52. The van der Waals surface area contributed by atoms with Gasteiger partial charge in [-0.1, -0.05) is 126 Å². The highest BCUT2D eigenvalue weighted by atomic mass is 14.3. The number of hydrogen-bond donors (Lipinski definition) is 0. The van der Waals surface area contributed by atoms with Crippen LogP contribution in [0.2, 0.25) is 0 Å². The van der Waals surface area contributed by atoms with Gasteiger partial charge in [-0.15, -0.1) is 0 Å². The van der Waals surface area contributed by atoms with Crippen LogP contribution in [0.5, 0.6) is 0 Å². The van der Waals surface area contributed by atoms with E-state index in [0.717, 1.165) is 6.42 Å². The first kappa shape index (κ1) is 25.7. The molecule has 2 aromatic carbocycles. The maximum Gasteiger partial charge on any atom is -0.0129 e. The summed E-state index contributed by atoms with van der Waals surface area (Å²) in [5.41, 5.74) is 9.45. The summed E-state index contributed by atoms with van der Waals surface area (Å²) in [7, 11) is 0. The van der Waals surface area contributed by atoms with Crippen molar-refractivity contribution in [1.29, 1.82) is 0 Å². The van der Waals surface area contributed by atoms with E-state index in [1.54, 1.807) is 0 Å². The van der Waals surface area contributed by atoms with Crippen molar-refractivity contribution in [1.82, 2.24) is 0 Å². The summed E-state index contributed by atoms with van der Waals surface area (Å²) in [6, 6.07) is 14.3. The highest BCUT2D eigenvalue weighted by Gasteiger charge is 2.30. The van der Waals surface area contributed by atoms with Gasteiger partial charge in [0.2, 0.25) is 0 Å². The van der Waals surface area contributed by atoms with Gasteiger partial charge in [-0.2, -0.15) is 0 Å². The van der Waals surface area contributed by atoms with Crippen molar-refractivity contribution in [3.05, 3.63) is 69.8 Å². The van der Waals surface area contributed by atoms with Crippen molar-refractivity contribution in [3.8, 4) is 0 Å². The zero-order chi connectivity index (χ0) is 24.0. The van der Waals surface area contributed by atoms with E-state index in [0.29, 0.717) is 5.92 Å². The predicted molar refractivity (Wildman–Crippen MR) is 140 cm³/mol. The Labute approximate surface area is 193 Å². The summed E-state index contributed by atoms with van der Waals surface area (Å²) in [5, 5.41) is 0. The second kappa shape index (κ2) is 8.42. The molecule has 0 aromatic heterocycles. The number of hydrogen-bond acceptors (Lipinski definition) is 0. The van der Waals surface area contributed by atoms with E-state index in [2.05, 4.69) is 126 Å². The summed E-state index contributed by atoms with van der Waals surface area (Å²) < 4.78 is 0. The molecule has 0 heteroatoms. The van der Waals surface area contributed by atoms with E-state index < -0.39 is 0 Å². The van der Waals surface area contributed by atoms with Crippen LogP contribution in [0.15, 0.2) is 36.4 Å². The molecule has 0 heterocycles. The average Bonchev–Trinajstić information content (AvgIpc) is 2.58. The van der Waals surface area contributed by atoms with Gasteiger partial charge in [0, 0.05) is 0 Å². The maximum atomic E-state index is 2.55. The van der Waals surface area contributed by atoms with Gasteiger partial charge >= 0.3 is 0 Å². The lowest BCUT2D eigenvalue weighted by molar-refractivity contribution is 0.518. The third-order valence-electron chi connectivity index (χ3n) is 6.52. The molecule has 0 aliphatic heterocycles.